The predicted molar refractivity (Wildman–Crippen MR) is 281 cm³/mol. The smallest absolute Gasteiger partial charge is 0.411 e. The number of piperidine rings is 1. The van der Waals surface area contributed by atoms with Crippen molar-refractivity contribution in [3.63, 3.8) is 0 Å². The number of para-hydroxylation sites is 1. The lowest BCUT2D eigenvalue weighted by molar-refractivity contribution is -0.130. The van der Waals surface area contributed by atoms with Gasteiger partial charge in [0.25, 0.3) is 0 Å². The molecule has 0 radical (unpaired) electrons. The highest BCUT2D eigenvalue weighted by atomic mass is 28.2. The lowest BCUT2D eigenvalue weighted by atomic mass is 9.73. The molecular weight excluding hydrogens is 905 g/mol. The van der Waals surface area contributed by atoms with Crippen LogP contribution < -0.4 is 21.5 Å². The molecule has 1 saturated heterocycles. The Kier molecular flexibility index (Phi) is 19.3. The Hall–Kier alpha value is -5.63. The van der Waals surface area contributed by atoms with Gasteiger partial charge in [0.1, 0.15) is 18.1 Å². The number of carbonyl (C=O) groups excluding carboxylic acids is 3. The fourth-order valence-electron chi connectivity index (χ4n) is 9.25. The van der Waals surface area contributed by atoms with Crippen molar-refractivity contribution >= 4 is 59.7 Å². The van der Waals surface area contributed by atoms with Crippen molar-refractivity contribution in [1.82, 2.24) is 20.1 Å². The summed E-state index contributed by atoms with van der Waals surface area (Å²) in [6.45, 7) is 16.5. The van der Waals surface area contributed by atoms with Gasteiger partial charge in [-0.15, -0.1) is 0 Å². The summed E-state index contributed by atoms with van der Waals surface area (Å²) in [6.07, 6.45) is 2.52. The number of fused-ring (bicyclic) bond motifs is 1. The topological polar surface area (TPSA) is 175 Å². The third-order valence-electron chi connectivity index (χ3n) is 13.3. The second kappa shape index (κ2) is 25.3. The second-order valence-electron chi connectivity index (χ2n) is 18.7. The maximum absolute atomic E-state index is 13.1. The van der Waals surface area contributed by atoms with E-state index in [1.807, 2.05) is 87.6 Å². The van der Waals surface area contributed by atoms with Crippen LogP contribution >= 0.6 is 0 Å². The van der Waals surface area contributed by atoms with Crippen LogP contribution in [0.5, 0.6) is 5.75 Å². The van der Waals surface area contributed by atoms with Crippen molar-refractivity contribution in [2.24, 2.45) is 5.41 Å². The van der Waals surface area contributed by atoms with Gasteiger partial charge >= 0.3 is 6.09 Å². The Morgan fingerprint density at radius 2 is 1.58 bits per heavy atom. The molecule has 0 spiro atoms. The summed E-state index contributed by atoms with van der Waals surface area (Å²) in [5.41, 5.74) is 7.22. The molecule has 6 rings (SSSR count). The molecule has 370 valence electrons. The zero-order valence-corrected chi connectivity index (χ0v) is 44.3. The third-order valence-corrected chi connectivity index (χ3v) is 14.6. The monoisotopic (exact) mass is 976 g/mol. The van der Waals surface area contributed by atoms with Crippen LogP contribution in [-0.4, -0.2) is 109 Å². The van der Waals surface area contributed by atoms with Crippen molar-refractivity contribution in [3.05, 3.63) is 124 Å². The van der Waals surface area contributed by atoms with Crippen LogP contribution in [0.2, 0.25) is 13.1 Å². The average Bonchev–Trinajstić information content (AvgIpc) is 3.33. The van der Waals surface area contributed by atoms with Gasteiger partial charge in [0.05, 0.1) is 11.2 Å². The summed E-state index contributed by atoms with van der Waals surface area (Å²) >= 11 is 0. The normalized spacial score (nSPS) is 14.7. The number of aromatic amines is 1. The van der Waals surface area contributed by atoms with Crippen LogP contribution in [0.15, 0.2) is 95.8 Å². The standard InChI is InChI=1S/C53H72N6O8Si2/c1-35-32-45(36(2)31-38(35)33-54-34-43(53(3,4)51(66-68-6)67-69-7)41-20-22-46(60)50-42(41)21-23-48(62)57-50)55-47(61)19-13-14-27-58(5)49(63)26-30-59-28-24-39(25-29-59)65-52(64)56-44-18-12-11-17-40(44)37-15-9-8-10-16-37/h8-12,15-18,20-23,31-32,39,43,51,54,60H,13-14,19,24-30,33-34,68-69H2,1-7H3,(H,55,61)(H,56,64)(H,57,62)/t43-/m1/s1. The lowest BCUT2D eigenvalue weighted by Gasteiger charge is -2.41. The Labute approximate surface area is 411 Å². The van der Waals surface area contributed by atoms with E-state index in [9.17, 15) is 24.3 Å². The molecule has 3 amide bonds. The minimum atomic E-state index is -0.780. The Bertz CT molecular complexity index is 2560. The molecule has 1 fully saturated rings. The van der Waals surface area contributed by atoms with Crippen molar-refractivity contribution < 1.29 is 33.1 Å². The molecule has 1 aliphatic rings. The number of likely N-dealkylation sites (tertiary alicyclic amines) is 1. The molecule has 0 aliphatic carbocycles. The predicted octanol–water partition coefficient (Wildman–Crippen LogP) is 7.71. The lowest BCUT2D eigenvalue weighted by Crippen LogP contribution is -2.44. The first-order valence-electron chi connectivity index (χ1n) is 24.5. The largest absolute Gasteiger partial charge is 0.506 e. The number of hydrogen-bond donors (Lipinski definition) is 5. The van der Waals surface area contributed by atoms with Crippen LogP contribution in [0.3, 0.4) is 0 Å². The summed E-state index contributed by atoms with van der Waals surface area (Å²) in [7, 11) is 0.260. The van der Waals surface area contributed by atoms with Gasteiger partial charge in [-0.1, -0.05) is 87.6 Å². The number of aromatic hydroxyl groups is 1. The van der Waals surface area contributed by atoms with Crippen molar-refractivity contribution in [1.29, 1.82) is 0 Å². The van der Waals surface area contributed by atoms with E-state index in [4.69, 9.17) is 13.6 Å². The number of anilines is 2. The van der Waals surface area contributed by atoms with E-state index in [0.717, 1.165) is 57.5 Å². The fraction of sp³-hybridized carbons (Fsp3) is 0.434. The van der Waals surface area contributed by atoms with Gasteiger partial charge in [-0.3, -0.25) is 19.7 Å². The van der Waals surface area contributed by atoms with Crippen LogP contribution in [0.4, 0.5) is 16.2 Å². The highest BCUT2D eigenvalue weighted by Crippen LogP contribution is 2.43. The number of pyridine rings is 1. The van der Waals surface area contributed by atoms with Gasteiger partial charge in [0.15, 0.2) is 19.5 Å². The number of unbranched alkanes of at least 4 members (excludes halogenated alkanes) is 1. The molecule has 2 heterocycles. The minimum Gasteiger partial charge on any atom is -0.506 e. The molecular formula is C53H72N6O8Si2. The number of phenolic OH excluding ortho intramolecular Hbond substituents is 1. The number of nitrogens with one attached hydrogen (secondary N) is 4. The van der Waals surface area contributed by atoms with Gasteiger partial charge in [-0.2, -0.15) is 0 Å². The number of rotatable bonds is 23. The van der Waals surface area contributed by atoms with Crippen molar-refractivity contribution in [2.75, 3.05) is 50.4 Å². The number of hydrogen-bond acceptors (Lipinski definition) is 10. The highest BCUT2D eigenvalue weighted by molar-refractivity contribution is 6.26. The molecule has 5 aromatic rings. The van der Waals surface area contributed by atoms with E-state index < -0.39 is 31.0 Å². The number of carbonyl (C=O) groups is 3. The number of benzene rings is 4. The first-order chi connectivity index (χ1) is 33.2. The van der Waals surface area contributed by atoms with E-state index in [1.165, 1.54) is 6.07 Å². The maximum Gasteiger partial charge on any atom is 0.411 e. The fourth-order valence-corrected chi connectivity index (χ4v) is 11.1. The Balaban J connectivity index is 0.915. The van der Waals surface area contributed by atoms with Gasteiger partial charge < -0.3 is 44.1 Å². The molecule has 16 heteroatoms. The number of phenols is 1. The summed E-state index contributed by atoms with van der Waals surface area (Å²) in [5.74, 6) is -0.0704. The summed E-state index contributed by atoms with van der Waals surface area (Å²) < 4.78 is 18.4. The van der Waals surface area contributed by atoms with Gasteiger partial charge in [0, 0.05) is 93.2 Å². The van der Waals surface area contributed by atoms with E-state index in [-0.39, 0.29) is 41.4 Å². The molecule has 69 heavy (non-hydrogen) atoms. The first-order valence-corrected chi connectivity index (χ1v) is 28.4. The molecule has 0 saturated carbocycles. The van der Waals surface area contributed by atoms with Crippen molar-refractivity contribution in [3.8, 4) is 16.9 Å². The Morgan fingerprint density at radius 3 is 2.30 bits per heavy atom. The average molecular weight is 977 g/mol. The molecule has 4 aromatic carbocycles. The zero-order valence-electron chi connectivity index (χ0n) is 41.5. The zero-order chi connectivity index (χ0) is 49.5. The van der Waals surface area contributed by atoms with Crippen molar-refractivity contribution in [2.45, 2.75) is 104 Å². The van der Waals surface area contributed by atoms with Gasteiger partial charge in [-0.25, -0.2) is 4.79 Å². The van der Waals surface area contributed by atoms with Gasteiger partial charge in [0.2, 0.25) is 17.4 Å². The van der Waals surface area contributed by atoms with E-state index in [2.05, 4.69) is 58.8 Å². The minimum absolute atomic E-state index is 0.0230. The second-order valence-corrected chi connectivity index (χ2v) is 20.5. The first kappa shape index (κ1) is 52.7. The molecule has 14 nitrogen and oxygen atoms in total. The van der Waals surface area contributed by atoms with E-state index in [1.54, 1.807) is 17.0 Å². The summed E-state index contributed by atoms with van der Waals surface area (Å²) in [5, 5.41) is 21.2. The van der Waals surface area contributed by atoms with Crippen LogP contribution in [0, 0.1) is 19.3 Å². The number of nitrogens with zero attached hydrogens (tertiary/aromatic N) is 2. The van der Waals surface area contributed by atoms with E-state index >= 15 is 0 Å². The molecule has 0 bridgehead atoms. The van der Waals surface area contributed by atoms with Crippen LogP contribution in [0.25, 0.3) is 22.0 Å². The molecule has 5 N–H and O–H groups in total. The number of aryl methyl sites for hydroxylation is 2. The molecule has 1 aromatic heterocycles. The number of aromatic nitrogens is 1. The van der Waals surface area contributed by atoms with Crippen LogP contribution in [0.1, 0.15) is 80.5 Å². The number of H-pyrrole nitrogens is 1. The van der Waals surface area contributed by atoms with E-state index in [0.29, 0.717) is 75.9 Å². The quantitative estimate of drug-likeness (QED) is 0.0248. The van der Waals surface area contributed by atoms with Crippen LogP contribution in [-0.2, 0) is 29.7 Å². The summed E-state index contributed by atoms with van der Waals surface area (Å²) in [4.78, 5) is 58.0. The number of amides is 3. The molecule has 0 unspecified atom stereocenters. The number of ether oxygens (including phenoxy) is 1. The molecule has 1 atom stereocenters. The Morgan fingerprint density at radius 1 is 0.870 bits per heavy atom. The molecule has 1 aliphatic heterocycles. The maximum atomic E-state index is 13.1. The van der Waals surface area contributed by atoms with Gasteiger partial charge in [-0.05, 0) is 91.6 Å². The third kappa shape index (κ3) is 14.5. The highest BCUT2D eigenvalue weighted by Gasteiger charge is 2.40. The summed E-state index contributed by atoms with van der Waals surface area (Å²) in [6, 6.07) is 28.6. The SMILES string of the molecule is C[SiH2]OC(O[SiH2]C)C(C)(C)[C@H](CNCc1cc(C)c(NC(=O)CCCCN(C)C(=O)CCN2CCC(OC(=O)Nc3ccccc3-c3ccccc3)CC2)cc1C)c1ccc(O)c2[nH]c(=O)ccc12.